The van der Waals surface area contributed by atoms with E-state index in [2.05, 4.69) is 53.4 Å². The van der Waals surface area contributed by atoms with Crippen LogP contribution in [0.3, 0.4) is 0 Å². The normalized spacial score (nSPS) is 20.1. The summed E-state index contributed by atoms with van der Waals surface area (Å²) >= 11 is 2.25. The van der Waals surface area contributed by atoms with Crippen molar-refractivity contribution in [2.24, 2.45) is 5.41 Å². The van der Waals surface area contributed by atoms with E-state index in [4.69, 9.17) is 19.4 Å². The maximum atomic E-state index is 14.0. The topological polar surface area (TPSA) is 91.3 Å². The lowest BCUT2D eigenvalue weighted by atomic mass is 10.0. The summed E-state index contributed by atoms with van der Waals surface area (Å²) in [6.45, 7) is 6.58. The molecule has 3 heterocycles. The number of ether oxygens (including phenoxy) is 2. The quantitative estimate of drug-likeness (QED) is 0.374. The molecule has 1 amide bonds. The number of hydrogen-bond acceptors (Lipinski definition) is 8. The summed E-state index contributed by atoms with van der Waals surface area (Å²) in [4.78, 5) is 30.1. The van der Waals surface area contributed by atoms with Crippen LogP contribution in [-0.4, -0.2) is 83.8 Å². The summed E-state index contributed by atoms with van der Waals surface area (Å²) in [5.41, 5.74) is 2.44. The van der Waals surface area contributed by atoms with Gasteiger partial charge in [-0.05, 0) is 86.5 Å². The van der Waals surface area contributed by atoms with Crippen molar-refractivity contribution >= 4 is 45.1 Å². The van der Waals surface area contributed by atoms with E-state index in [0.717, 1.165) is 70.4 Å². The highest BCUT2D eigenvalue weighted by molar-refractivity contribution is 14.1. The number of aromatic nitrogens is 2. The summed E-state index contributed by atoms with van der Waals surface area (Å²) in [7, 11) is 4.18. The van der Waals surface area contributed by atoms with Crippen LogP contribution in [0.25, 0.3) is 10.8 Å². The first-order chi connectivity index (χ1) is 19.2. The van der Waals surface area contributed by atoms with Crippen LogP contribution in [0, 0.1) is 8.99 Å². The summed E-state index contributed by atoms with van der Waals surface area (Å²) in [6.07, 6.45) is 3.18. The van der Waals surface area contributed by atoms with Gasteiger partial charge in [0.15, 0.2) is 0 Å². The van der Waals surface area contributed by atoms with Crippen molar-refractivity contribution in [2.75, 3.05) is 51.9 Å². The molecular formula is C30H36IN5O4. The van der Waals surface area contributed by atoms with Gasteiger partial charge in [-0.2, -0.15) is 9.97 Å². The van der Waals surface area contributed by atoms with Gasteiger partial charge in [0.1, 0.15) is 11.6 Å². The molecule has 2 fully saturated rings. The van der Waals surface area contributed by atoms with Crippen LogP contribution in [0.2, 0.25) is 0 Å². The number of amides is 1. The number of benzene rings is 2. The van der Waals surface area contributed by atoms with Gasteiger partial charge in [-0.25, -0.2) is 0 Å². The lowest BCUT2D eigenvalue weighted by molar-refractivity contribution is 0.0752. The Morgan fingerprint density at radius 2 is 2.05 bits per heavy atom. The van der Waals surface area contributed by atoms with Gasteiger partial charge < -0.3 is 29.3 Å². The first-order valence-electron chi connectivity index (χ1n) is 14.0. The average molecular weight is 658 g/mol. The van der Waals surface area contributed by atoms with E-state index in [1.54, 1.807) is 17.0 Å². The van der Waals surface area contributed by atoms with Crippen molar-refractivity contribution in [2.45, 2.75) is 45.3 Å². The number of phenols is 1. The highest BCUT2D eigenvalue weighted by Gasteiger charge is 2.44. The van der Waals surface area contributed by atoms with Crippen molar-refractivity contribution in [3.05, 3.63) is 50.7 Å². The minimum Gasteiger partial charge on any atom is -0.508 e. The lowest BCUT2D eigenvalue weighted by Gasteiger charge is -2.29. The molecule has 1 atom stereocenters. The van der Waals surface area contributed by atoms with Gasteiger partial charge in [0, 0.05) is 45.7 Å². The predicted molar refractivity (Wildman–Crippen MR) is 162 cm³/mol. The third kappa shape index (κ3) is 5.45. The molecule has 3 aliphatic rings. The van der Waals surface area contributed by atoms with E-state index in [9.17, 15) is 9.90 Å². The van der Waals surface area contributed by atoms with E-state index in [0.29, 0.717) is 37.9 Å². The number of nitrogens with zero attached hydrogens (tertiary/aromatic N) is 5. The molecular weight excluding hydrogens is 621 g/mol. The summed E-state index contributed by atoms with van der Waals surface area (Å²) in [5, 5.41) is 12.1. The molecule has 40 heavy (non-hydrogen) atoms. The largest absolute Gasteiger partial charge is 0.508 e. The van der Waals surface area contributed by atoms with Gasteiger partial charge in [0.2, 0.25) is 0 Å². The SMILES string of the molecule is CC1CCOCCN1c1nc(OCC2(CN(C)C)CC2)nc2c1CN(C(=O)c1cc(O)cc3cccc(I)c13)C2. The monoisotopic (exact) mass is 657 g/mol. The molecule has 6 rings (SSSR count). The van der Waals surface area contributed by atoms with Crippen molar-refractivity contribution in [1.29, 1.82) is 0 Å². The van der Waals surface area contributed by atoms with Gasteiger partial charge in [0.25, 0.3) is 5.91 Å². The van der Waals surface area contributed by atoms with E-state index in [1.165, 1.54) is 0 Å². The second-order valence-electron chi connectivity index (χ2n) is 11.7. The van der Waals surface area contributed by atoms with Crippen molar-refractivity contribution in [3.8, 4) is 11.8 Å². The van der Waals surface area contributed by atoms with Gasteiger partial charge in [-0.1, -0.05) is 12.1 Å². The van der Waals surface area contributed by atoms with Gasteiger partial charge in [-0.15, -0.1) is 0 Å². The number of aromatic hydroxyl groups is 1. The van der Waals surface area contributed by atoms with Crippen molar-refractivity contribution in [1.82, 2.24) is 19.8 Å². The van der Waals surface area contributed by atoms with Crippen LogP contribution in [0.15, 0.2) is 30.3 Å². The van der Waals surface area contributed by atoms with Crippen LogP contribution < -0.4 is 9.64 Å². The Balaban J connectivity index is 1.33. The van der Waals surface area contributed by atoms with Gasteiger partial charge in [0.05, 0.1) is 37.6 Å². The van der Waals surface area contributed by atoms with Crippen molar-refractivity contribution in [3.63, 3.8) is 0 Å². The number of carbonyl (C=O) groups is 1. The molecule has 10 heteroatoms. The van der Waals surface area contributed by atoms with Crippen LogP contribution in [-0.2, 0) is 17.8 Å². The molecule has 2 aromatic carbocycles. The number of carbonyl (C=O) groups excluding carboxylic acids is 1. The Hall–Kier alpha value is -2.70. The Morgan fingerprint density at radius 3 is 2.83 bits per heavy atom. The smallest absolute Gasteiger partial charge is 0.318 e. The number of anilines is 1. The number of halogens is 1. The number of rotatable bonds is 7. The third-order valence-electron chi connectivity index (χ3n) is 8.25. The molecule has 1 saturated heterocycles. The minimum absolute atomic E-state index is 0.0795. The highest BCUT2D eigenvalue weighted by atomic mass is 127. The summed E-state index contributed by atoms with van der Waals surface area (Å²) < 4.78 is 13.0. The Bertz CT molecular complexity index is 1440. The molecule has 3 aromatic rings. The zero-order chi connectivity index (χ0) is 28.0. The summed E-state index contributed by atoms with van der Waals surface area (Å²) in [6, 6.07) is 9.72. The number of fused-ring (bicyclic) bond motifs is 2. The van der Waals surface area contributed by atoms with E-state index < -0.39 is 0 Å². The second kappa shape index (κ2) is 10.9. The van der Waals surface area contributed by atoms with E-state index in [-0.39, 0.29) is 23.1 Å². The molecule has 0 bridgehead atoms. The average Bonchev–Trinajstić information content (AvgIpc) is 3.59. The fourth-order valence-corrected chi connectivity index (χ4v) is 6.80. The molecule has 9 nitrogen and oxygen atoms in total. The van der Waals surface area contributed by atoms with Crippen LogP contribution in [0.4, 0.5) is 5.82 Å². The molecule has 212 valence electrons. The first kappa shape index (κ1) is 27.5. The Kier molecular flexibility index (Phi) is 7.51. The van der Waals surface area contributed by atoms with Crippen molar-refractivity contribution < 1.29 is 19.4 Å². The van der Waals surface area contributed by atoms with E-state index >= 15 is 0 Å². The van der Waals surface area contributed by atoms with Crippen LogP contribution in [0.1, 0.15) is 47.8 Å². The molecule has 1 saturated carbocycles. The molecule has 0 radical (unpaired) electrons. The molecule has 2 aliphatic heterocycles. The number of hydrogen-bond donors (Lipinski definition) is 1. The Morgan fingerprint density at radius 1 is 1.23 bits per heavy atom. The third-order valence-corrected chi connectivity index (χ3v) is 9.14. The molecule has 1 aromatic heterocycles. The lowest BCUT2D eigenvalue weighted by Crippen LogP contribution is -2.36. The maximum absolute atomic E-state index is 14.0. The zero-order valence-corrected chi connectivity index (χ0v) is 25.5. The van der Waals surface area contributed by atoms with E-state index in [1.807, 2.05) is 18.2 Å². The predicted octanol–water partition coefficient (Wildman–Crippen LogP) is 4.43. The maximum Gasteiger partial charge on any atom is 0.318 e. The molecule has 1 N–H and O–H groups in total. The molecule has 0 spiro atoms. The standard InChI is InChI=1S/C30H36IN5O4/c1-19-7-11-39-12-10-36(19)27-23-15-35(28(38)22-14-21(37)13-20-5-4-6-24(31)26(20)22)16-25(23)32-29(33-27)40-18-30(8-9-30)17-34(2)3/h4-6,13-14,19,37H,7-12,15-18H2,1-3H3. The van der Waals surface area contributed by atoms with Crippen LogP contribution >= 0.6 is 22.6 Å². The van der Waals surface area contributed by atoms with Gasteiger partial charge >= 0.3 is 6.01 Å². The zero-order valence-electron chi connectivity index (χ0n) is 23.3. The Labute approximate surface area is 248 Å². The fraction of sp³-hybridized carbons (Fsp3) is 0.500. The second-order valence-corrected chi connectivity index (χ2v) is 12.9. The summed E-state index contributed by atoms with van der Waals surface area (Å²) in [5.74, 6) is 0.781. The fourth-order valence-electron chi connectivity index (χ4n) is 5.99. The number of phenolic OH excluding ortho intramolecular Hbond substituents is 1. The van der Waals surface area contributed by atoms with Crippen LogP contribution in [0.5, 0.6) is 11.8 Å². The first-order valence-corrected chi connectivity index (χ1v) is 15.0. The highest BCUT2D eigenvalue weighted by Crippen LogP contribution is 2.46. The molecule has 1 aliphatic carbocycles. The molecule has 1 unspecified atom stereocenters. The minimum atomic E-state index is -0.133. The van der Waals surface area contributed by atoms with Gasteiger partial charge in [-0.3, -0.25) is 4.79 Å².